The van der Waals surface area contributed by atoms with Crippen LogP contribution in [0.5, 0.6) is 0 Å². The lowest BCUT2D eigenvalue weighted by molar-refractivity contribution is -0.151. The van der Waals surface area contributed by atoms with Gasteiger partial charge >= 0.3 is 5.97 Å². The van der Waals surface area contributed by atoms with Gasteiger partial charge in [0.2, 0.25) is 0 Å². The van der Waals surface area contributed by atoms with Crippen LogP contribution in [0.25, 0.3) is 0 Å². The number of carbonyl (C=O) groups is 1. The average molecular weight is 173 g/mol. The van der Waals surface area contributed by atoms with Crippen LogP contribution < -0.4 is 5.32 Å². The molecule has 3 N–H and O–H groups in total. The molecule has 0 saturated carbocycles. The van der Waals surface area contributed by atoms with Crippen molar-refractivity contribution in [2.75, 3.05) is 19.7 Å². The third-order valence-electron chi connectivity index (χ3n) is 2.52. The third kappa shape index (κ3) is 1.76. The van der Waals surface area contributed by atoms with Gasteiger partial charge in [0, 0.05) is 13.2 Å². The highest BCUT2D eigenvalue weighted by atomic mass is 16.4. The van der Waals surface area contributed by atoms with Gasteiger partial charge < -0.3 is 15.5 Å². The molecule has 12 heavy (non-hydrogen) atoms. The zero-order valence-electron chi connectivity index (χ0n) is 7.05. The summed E-state index contributed by atoms with van der Waals surface area (Å²) in [5.74, 6) is -0.788. The summed E-state index contributed by atoms with van der Waals surface area (Å²) in [6.07, 6.45) is 1.91. The van der Waals surface area contributed by atoms with E-state index in [0.717, 1.165) is 13.0 Å². The average Bonchev–Trinajstić information content (AvgIpc) is 2.06. The van der Waals surface area contributed by atoms with E-state index in [0.29, 0.717) is 19.4 Å². The monoisotopic (exact) mass is 173 g/mol. The molecule has 0 aromatic rings. The van der Waals surface area contributed by atoms with Gasteiger partial charge in [0.15, 0.2) is 0 Å². The molecule has 1 unspecified atom stereocenters. The number of piperidine rings is 1. The molecule has 1 rings (SSSR count). The Labute approximate surface area is 71.6 Å². The zero-order valence-corrected chi connectivity index (χ0v) is 7.05. The first-order chi connectivity index (χ1) is 5.71. The summed E-state index contributed by atoms with van der Waals surface area (Å²) in [5, 5.41) is 20.8. The van der Waals surface area contributed by atoms with Gasteiger partial charge in [0.1, 0.15) is 0 Å². The van der Waals surface area contributed by atoms with E-state index in [9.17, 15) is 4.79 Å². The van der Waals surface area contributed by atoms with Gasteiger partial charge in [0.25, 0.3) is 0 Å². The number of carboxylic acid groups (broad SMARTS) is 1. The van der Waals surface area contributed by atoms with E-state index in [1.165, 1.54) is 0 Å². The molecule has 4 heteroatoms. The molecule has 1 heterocycles. The molecule has 0 bridgehead atoms. The summed E-state index contributed by atoms with van der Waals surface area (Å²) in [5.41, 5.74) is -0.715. The quantitative estimate of drug-likeness (QED) is 0.554. The number of hydrogen-bond donors (Lipinski definition) is 3. The Bertz CT molecular complexity index is 158. The van der Waals surface area contributed by atoms with Crippen molar-refractivity contribution < 1.29 is 15.0 Å². The largest absolute Gasteiger partial charge is 0.481 e. The predicted octanol–water partition coefficient (Wildman–Crippen LogP) is -0.177. The van der Waals surface area contributed by atoms with Crippen LogP contribution in [-0.4, -0.2) is 35.9 Å². The molecule has 1 aliphatic heterocycles. The maximum atomic E-state index is 10.9. The second kappa shape index (κ2) is 3.87. The first-order valence-corrected chi connectivity index (χ1v) is 4.26. The highest BCUT2D eigenvalue weighted by Crippen LogP contribution is 2.29. The third-order valence-corrected chi connectivity index (χ3v) is 2.52. The maximum Gasteiger partial charge on any atom is 0.311 e. The Kier molecular flexibility index (Phi) is 3.05. The molecule has 1 saturated heterocycles. The summed E-state index contributed by atoms with van der Waals surface area (Å²) >= 11 is 0. The molecule has 0 spiro atoms. The molecule has 1 fully saturated rings. The number of aliphatic carboxylic acids is 1. The molecule has 0 aromatic carbocycles. The molecule has 0 radical (unpaired) electrons. The number of hydrogen-bond acceptors (Lipinski definition) is 3. The highest BCUT2D eigenvalue weighted by Gasteiger charge is 2.38. The van der Waals surface area contributed by atoms with Crippen LogP contribution in [0.2, 0.25) is 0 Å². The molecule has 0 amide bonds. The van der Waals surface area contributed by atoms with Gasteiger partial charge in [0.05, 0.1) is 5.41 Å². The van der Waals surface area contributed by atoms with Gasteiger partial charge in [-0.05, 0) is 25.8 Å². The highest BCUT2D eigenvalue weighted by molar-refractivity contribution is 5.75. The molecule has 0 aromatic heterocycles. The van der Waals surface area contributed by atoms with Crippen LogP contribution in [0.3, 0.4) is 0 Å². The minimum absolute atomic E-state index is 0.0476. The van der Waals surface area contributed by atoms with E-state index in [1.54, 1.807) is 0 Å². The predicted molar refractivity (Wildman–Crippen MR) is 43.9 cm³/mol. The number of rotatable bonds is 3. The van der Waals surface area contributed by atoms with Crippen LogP contribution in [-0.2, 0) is 4.79 Å². The van der Waals surface area contributed by atoms with Gasteiger partial charge in [-0.2, -0.15) is 0 Å². The number of aliphatic hydroxyl groups excluding tert-OH is 1. The summed E-state index contributed by atoms with van der Waals surface area (Å²) in [6.45, 7) is 1.33. The Balaban J connectivity index is 2.63. The molecular formula is C8H15NO3. The van der Waals surface area contributed by atoms with Crippen LogP contribution in [0, 0.1) is 5.41 Å². The van der Waals surface area contributed by atoms with Crippen LogP contribution in [0.1, 0.15) is 19.3 Å². The van der Waals surface area contributed by atoms with Crippen molar-refractivity contribution in [1.29, 1.82) is 0 Å². The minimum Gasteiger partial charge on any atom is -0.481 e. The minimum atomic E-state index is -0.788. The van der Waals surface area contributed by atoms with E-state index in [-0.39, 0.29) is 6.61 Å². The van der Waals surface area contributed by atoms with Crippen molar-refractivity contribution in [2.24, 2.45) is 5.41 Å². The molecule has 1 aliphatic rings. The van der Waals surface area contributed by atoms with Crippen molar-refractivity contribution in [2.45, 2.75) is 19.3 Å². The SMILES string of the molecule is O=C(O)C1(CCO)CCCNC1. The van der Waals surface area contributed by atoms with Crippen molar-refractivity contribution in [3.8, 4) is 0 Å². The van der Waals surface area contributed by atoms with Crippen molar-refractivity contribution in [3.05, 3.63) is 0 Å². The fraction of sp³-hybridized carbons (Fsp3) is 0.875. The molecule has 0 aliphatic carbocycles. The first kappa shape index (κ1) is 9.48. The lowest BCUT2D eigenvalue weighted by Crippen LogP contribution is -2.46. The second-order valence-electron chi connectivity index (χ2n) is 3.34. The molecular weight excluding hydrogens is 158 g/mol. The summed E-state index contributed by atoms with van der Waals surface area (Å²) in [7, 11) is 0. The van der Waals surface area contributed by atoms with E-state index >= 15 is 0 Å². The van der Waals surface area contributed by atoms with E-state index in [2.05, 4.69) is 5.32 Å². The van der Waals surface area contributed by atoms with Crippen LogP contribution in [0.15, 0.2) is 0 Å². The summed E-state index contributed by atoms with van der Waals surface area (Å²) in [4.78, 5) is 10.9. The summed E-state index contributed by atoms with van der Waals surface area (Å²) in [6, 6.07) is 0. The Morgan fingerprint density at radius 1 is 1.58 bits per heavy atom. The molecule has 4 nitrogen and oxygen atoms in total. The molecule has 70 valence electrons. The van der Waals surface area contributed by atoms with E-state index in [4.69, 9.17) is 10.2 Å². The van der Waals surface area contributed by atoms with Crippen molar-refractivity contribution >= 4 is 5.97 Å². The maximum absolute atomic E-state index is 10.9. The number of aliphatic hydroxyl groups is 1. The fourth-order valence-corrected chi connectivity index (χ4v) is 1.68. The number of carboxylic acids is 1. The first-order valence-electron chi connectivity index (χ1n) is 4.26. The van der Waals surface area contributed by atoms with Gasteiger partial charge in [-0.3, -0.25) is 4.79 Å². The topological polar surface area (TPSA) is 69.6 Å². The van der Waals surface area contributed by atoms with Crippen LogP contribution in [0.4, 0.5) is 0 Å². The van der Waals surface area contributed by atoms with Crippen LogP contribution >= 0.6 is 0 Å². The lowest BCUT2D eigenvalue weighted by atomic mass is 9.78. The van der Waals surface area contributed by atoms with E-state index in [1.807, 2.05) is 0 Å². The van der Waals surface area contributed by atoms with Gasteiger partial charge in [-0.1, -0.05) is 0 Å². The van der Waals surface area contributed by atoms with Gasteiger partial charge in [-0.25, -0.2) is 0 Å². The Morgan fingerprint density at radius 3 is 2.75 bits per heavy atom. The zero-order chi connectivity index (χ0) is 9.03. The van der Waals surface area contributed by atoms with E-state index < -0.39 is 11.4 Å². The second-order valence-corrected chi connectivity index (χ2v) is 3.34. The van der Waals surface area contributed by atoms with Gasteiger partial charge in [-0.15, -0.1) is 0 Å². The molecule has 1 atom stereocenters. The smallest absolute Gasteiger partial charge is 0.311 e. The summed E-state index contributed by atoms with van der Waals surface area (Å²) < 4.78 is 0. The fourth-order valence-electron chi connectivity index (χ4n) is 1.68. The number of nitrogens with one attached hydrogen (secondary N) is 1. The van der Waals surface area contributed by atoms with Crippen molar-refractivity contribution in [3.63, 3.8) is 0 Å². The normalized spacial score (nSPS) is 30.1. The Hall–Kier alpha value is -0.610. The standard InChI is InChI=1S/C8H15NO3/c10-5-3-8(7(11)12)2-1-4-9-6-8/h9-10H,1-6H2,(H,11,12). The lowest BCUT2D eigenvalue weighted by Gasteiger charge is -2.32. The van der Waals surface area contributed by atoms with Crippen molar-refractivity contribution in [1.82, 2.24) is 5.32 Å². The Morgan fingerprint density at radius 2 is 2.33 bits per heavy atom.